The van der Waals surface area contributed by atoms with Crippen molar-refractivity contribution in [2.75, 3.05) is 9.80 Å². The number of amides is 2. The first-order chi connectivity index (χ1) is 15.5. The highest BCUT2D eigenvalue weighted by molar-refractivity contribution is 6.09. The van der Waals surface area contributed by atoms with Crippen LogP contribution in [0.3, 0.4) is 0 Å². The maximum Gasteiger partial charge on any atom is 0.251 e. The molecule has 0 N–H and O–H groups in total. The predicted molar refractivity (Wildman–Crippen MR) is 116 cm³/mol. The number of anilines is 2. The van der Waals surface area contributed by atoms with Crippen molar-refractivity contribution >= 4 is 29.6 Å². The molecule has 2 heterocycles. The van der Waals surface area contributed by atoms with Crippen LogP contribution in [0.15, 0.2) is 67.1 Å². The van der Waals surface area contributed by atoms with Gasteiger partial charge in [0.1, 0.15) is 24.2 Å². The fourth-order valence-corrected chi connectivity index (χ4v) is 4.02. The molecule has 1 saturated heterocycles. The van der Waals surface area contributed by atoms with Gasteiger partial charge in [-0.25, -0.2) is 9.37 Å². The minimum atomic E-state index is -0.995. The Labute approximate surface area is 184 Å². The molecule has 8 heteroatoms. The number of halogens is 1. The molecule has 1 aromatic heterocycles. The van der Waals surface area contributed by atoms with E-state index in [1.165, 1.54) is 46.6 Å². The van der Waals surface area contributed by atoms with Crippen LogP contribution >= 0.6 is 0 Å². The first-order valence-electron chi connectivity index (χ1n) is 10.2. The number of hydrogen-bond acceptors (Lipinski definition) is 5. The minimum absolute atomic E-state index is 0.153. The number of aldehydes is 1. The van der Waals surface area contributed by atoms with E-state index in [-0.39, 0.29) is 30.3 Å². The molecule has 0 bridgehead atoms. The Kier molecular flexibility index (Phi) is 6.02. The third-order valence-corrected chi connectivity index (χ3v) is 5.53. The molecule has 0 spiro atoms. The lowest BCUT2D eigenvalue weighted by atomic mass is 9.99. The molecule has 3 aromatic rings. The van der Waals surface area contributed by atoms with Crippen LogP contribution in [0.1, 0.15) is 30.0 Å². The Morgan fingerprint density at radius 1 is 1.22 bits per heavy atom. The van der Waals surface area contributed by atoms with Gasteiger partial charge in [-0.2, -0.15) is 0 Å². The van der Waals surface area contributed by atoms with E-state index in [1.54, 1.807) is 18.2 Å². The quantitative estimate of drug-likeness (QED) is 0.558. The zero-order valence-corrected chi connectivity index (χ0v) is 17.4. The second kappa shape index (κ2) is 9.05. The van der Waals surface area contributed by atoms with E-state index in [9.17, 15) is 18.8 Å². The average Bonchev–Trinajstić information content (AvgIpc) is 3.19. The number of aromatic nitrogens is 2. The molecule has 4 rings (SSSR count). The average molecular weight is 432 g/mol. The van der Waals surface area contributed by atoms with Crippen molar-refractivity contribution in [2.24, 2.45) is 0 Å². The van der Waals surface area contributed by atoms with Gasteiger partial charge in [0.15, 0.2) is 5.82 Å². The molecule has 2 aromatic carbocycles. The van der Waals surface area contributed by atoms with Gasteiger partial charge in [-0.15, -0.1) is 0 Å². The number of rotatable bonds is 6. The first kappa shape index (κ1) is 21.3. The zero-order valence-electron chi connectivity index (χ0n) is 17.4. The molecular formula is C24H21FN4O3. The maximum atomic E-state index is 14.1. The summed E-state index contributed by atoms with van der Waals surface area (Å²) in [5.41, 5.74) is 1.66. The van der Waals surface area contributed by atoms with Crippen molar-refractivity contribution < 1.29 is 18.8 Å². The highest BCUT2D eigenvalue weighted by atomic mass is 19.1. The molecule has 0 saturated carbocycles. The van der Waals surface area contributed by atoms with E-state index in [1.807, 2.05) is 19.1 Å². The molecule has 1 fully saturated rings. The fraction of sp³-hybridized carbons (Fsp3) is 0.208. The Morgan fingerprint density at radius 3 is 2.72 bits per heavy atom. The molecule has 32 heavy (non-hydrogen) atoms. The lowest BCUT2D eigenvalue weighted by Crippen LogP contribution is -2.49. The van der Waals surface area contributed by atoms with Crippen LogP contribution in [0.2, 0.25) is 0 Å². The van der Waals surface area contributed by atoms with Gasteiger partial charge in [-0.05, 0) is 42.7 Å². The monoisotopic (exact) mass is 432 g/mol. The van der Waals surface area contributed by atoms with Crippen molar-refractivity contribution in [3.8, 4) is 0 Å². The van der Waals surface area contributed by atoms with E-state index in [0.29, 0.717) is 11.8 Å². The Hall–Kier alpha value is -3.94. The molecule has 0 aliphatic carbocycles. The van der Waals surface area contributed by atoms with E-state index in [4.69, 9.17) is 0 Å². The van der Waals surface area contributed by atoms with Crippen molar-refractivity contribution in [2.45, 2.75) is 31.8 Å². The van der Waals surface area contributed by atoms with Crippen molar-refractivity contribution in [1.29, 1.82) is 0 Å². The van der Waals surface area contributed by atoms with Gasteiger partial charge in [0.05, 0.1) is 6.20 Å². The van der Waals surface area contributed by atoms with Gasteiger partial charge < -0.3 is 4.79 Å². The van der Waals surface area contributed by atoms with Gasteiger partial charge in [-0.1, -0.05) is 30.3 Å². The van der Waals surface area contributed by atoms with Crippen LogP contribution in [0, 0.1) is 12.7 Å². The summed E-state index contributed by atoms with van der Waals surface area (Å²) in [6.45, 7) is 1.84. The predicted octanol–water partition coefficient (Wildman–Crippen LogP) is 3.39. The second-order valence-corrected chi connectivity index (χ2v) is 7.51. The number of carbonyl (C=O) groups excluding carboxylic acids is 3. The van der Waals surface area contributed by atoms with Crippen molar-refractivity contribution in [3.63, 3.8) is 0 Å². The van der Waals surface area contributed by atoms with Crippen LogP contribution in [0.4, 0.5) is 15.9 Å². The summed E-state index contributed by atoms with van der Waals surface area (Å²) < 4.78 is 14.1. The van der Waals surface area contributed by atoms with Crippen molar-refractivity contribution in [1.82, 2.24) is 9.97 Å². The lowest BCUT2D eigenvalue weighted by molar-refractivity contribution is -0.123. The van der Waals surface area contributed by atoms with Crippen LogP contribution in [-0.4, -0.2) is 34.1 Å². The summed E-state index contributed by atoms with van der Waals surface area (Å²) in [6.07, 6.45) is 5.39. The van der Waals surface area contributed by atoms with Crippen LogP contribution < -0.4 is 9.80 Å². The smallest absolute Gasteiger partial charge is 0.251 e. The SMILES string of the molecule is Cc1ccccc1C(C=O)N(C(=O)[C@@H]1CCC(=O)N1c1cnccn1)c1cccc(F)c1. The number of aryl methyl sites for hydroxylation is 1. The van der Waals surface area contributed by atoms with E-state index >= 15 is 0 Å². The molecular weight excluding hydrogens is 411 g/mol. The molecule has 1 aliphatic rings. The van der Waals surface area contributed by atoms with Crippen LogP contribution in [0.25, 0.3) is 0 Å². The molecule has 1 unspecified atom stereocenters. The van der Waals surface area contributed by atoms with Gasteiger partial charge in [0.2, 0.25) is 5.91 Å². The number of nitrogens with zero attached hydrogens (tertiary/aromatic N) is 4. The Bertz CT molecular complexity index is 1150. The van der Waals surface area contributed by atoms with E-state index in [2.05, 4.69) is 9.97 Å². The minimum Gasteiger partial charge on any atom is -0.301 e. The van der Waals surface area contributed by atoms with Crippen LogP contribution in [-0.2, 0) is 14.4 Å². The Morgan fingerprint density at radius 2 is 2.03 bits per heavy atom. The topological polar surface area (TPSA) is 83.5 Å². The van der Waals surface area contributed by atoms with E-state index < -0.39 is 23.8 Å². The fourth-order valence-electron chi connectivity index (χ4n) is 4.02. The van der Waals surface area contributed by atoms with Crippen molar-refractivity contribution in [3.05, 3.63) is 84.1 Å². The largest absolute Gasteiger partial charge is 0.301 e. The normalized spacial score (nSPS) is 16.6. The van der Waals surface area contributed by atoms with E-state index in [0.717, 1.165) is 5.56 Å². The molecule has 0 radical (unpaired) electrons. The summed E-state index contributed by atoms with van der Waals surface area (Å²) in [5, 5.41) is 0. The first-order valence-corrected chi connectivity index (χ1v) is 10.2. The third-order valence-electron chi connectivity index (χ3n) is 5.53. The maximum absolute atomic E-state index is 14.1. The summed E-state index contributed by atoms with van der Waals surface area (Å²) in [7, 11) is 0. The Balaban J connectivity index is 1.81. The molecule has 2 atom stereocenters. The third kappa shape index (κ3) is 3.99. The van der Waals surface area contributed by atoms with Crippen LogP contribution in [0.5, 0.6) is 0 Å². The van der Waals surface area contributed by atoms with Gasteiger partial charge in [-0.3, -0.25) is 24.4 Å². The molecule has 7 nitrogen and oxygen atoms in total. The highest BCUT2D eigenvalue weighted by Gasteiger charge is 2.42. The van der Waals surface area contributed by atoms with Gasteiger partial charge in [0.25, 0.3) is 5.91 Å². The number of benzene rings is 2. The summed E-state index contributed by atoms with van der Waals surface area (Å²) in [4.78, 5) is 49.5. The highest BCUT2D eigenvalue weighted by Crippen LogP contribution is 2.33. The zero-order chi connectivity index (χ0) is 22.7. The standard InChI is InChI=1S/C24H21FN4O3/c1-16-5-2-3-8-19(16)21(15-30)28(18-7-4-6-17(25)13-18)24(32)20-9-10-23(31)29(20)22-14-26-11-12-27-22/h2-8,11-15,20-21H,9-10H2,1H3/t20-,21?/m0/s1. The summed E-state index contributed by atoms with van der Waals surface area (Å²) >= 11 is 0. The molecule has 162 valence electrons. The molecule has 2 amide bonds. The second-order valence-electron chi connectivity index (χ2n) is 7.51. The lowest BCUT2D eigenvalue weighted by Gasteiger charge is -2.34. The summed E-state index contributed by atoms with van der Waals surface area (Å²) in [5.74, 6) is -1.04. The summed E-state index contributed by atoms with van der Waals surface area (Å²) in [6, 6.07) is 10.8. The van der Waals surface area contributed by atoms with Gasteiger partial charge >= 0.3 is 0 Å². The number of carbonyl (C=O) groups is 3. The number of hydrogen-bond donors (Lipinski definition) is 0. The van der Waals surface area contributed by atoms with Gasteiger partial charge in [0, 0.05) is 24.5 Å². The molecule has 1 aliphatic heterocycles.